The highest BCUT2D eigenvalue weighted by Crippen LogP contribution is 2.28. The summed E-state index contributed by atoms with van der Waals surface area (Å²) in [7, 11) is 4.01. The zero-order chi connectivity index (χ0) is 11.5. The van der Waals surface area contributed by atoms with Crippen LogP contribution in [0.25, 0.3) is 0 Å². The van der Waals surface area contributed by atoms with Crippen molar-refractivity contribution in [3.63, 3.8) is 0 Å². The number of rotatable bonds is 5. The first-order valence-corrected chi connectivity index (χ1v) is 6.36. The van der Waals surface area contributed by atoms with Gasteiger partial charge in [-0.15, -0.1) is 0 Å². The van der Waals surface area contributed by atoms with Gasteiger partial charge >= 0.3 is 5.97 Å². The second-order valence-corrected chi connectivity index (χ2v) is 5.49. The molecule has 88 valence electrons. The van der Waals surface area contributed by atoms with Gasteiger partial charge in [0, 0.05) is 18.3 Å². The van der Waals surface area contributed by atoms with Crippen LogP contribution in [0, 0.1) is 0 Å². The van der Waals surface area contributed by atoms with Gasteiger partial charge in [0.15, 0.2) is 0 Å². The van der Waals surface area contributed by atoms with Crippen LogP contribution in [0.4, 0.5) is 0 Å². The average Bonchev–Trinajstić information content (AvgIpc) is 2.63. The van der Waals surface area contributed by atoms with Gasteiger partial charge in [0.1, 0.15) is 5.54 Å². The third kappa shape index (κ3) is 3.09. The molecule has 2 unspecified atom stereocenters. The molecule has 0 aromatic heterocycles. The van der Waals surface area contributed by atoms with E-state index in [9.17, 15) is 9.90 Å². The largest absolute Gasteiger partial charge is 0.480 e. The lowest BCUT2D eigenvalue weighted by molar-refractivity contribution is -0.143. The fourth-order valence-corrected chi connectivity index (χ4v) is 2.83. The van der Waals surface area contributed by atoms with Gasteiger partial charge in [-0.05, 0) is 33.2 Å². The minimum atomic E-state index is -0.710. The van der Waals surface area contributed by atoms with Crippen molar-refractivity contribution in [2.75, 3.05) is 32.1 Å². The Hall–Kier alpha value is -0.260. The Kier molecular flexibility index (Phi) is 4.43. The minimum absolute atomic E-state index is 0.354. The number of hydrogen-bond donors (Lipinski definition) is 2. The van der Waals surface area contributed by atoms with E-state index in [1.165, 1.54) is 0 Å². The first kappa shape index (κ1) is 12.8. The van der Waals surface area contributed by atoms with Crippen molar-refractivity contribution in [2.45, 2.75) is 24.9 Å². The molecule has 1 heterocycles. The van der Waals surface area contributed by atoms with Crippen LogP contribution in [0.1, 0.15) is 13.3 Å². The Morgan fingerprint density at radius 3 is 2.73 bits per heavy atom. The molecular formula is C10H20N2O2S. The molecule has 0 aliphatic carbocycles. The van der Waals surface area contributed by atoms with Gasteiger partial charge in [-0.25, -0.2) is 0 Å². The van der Waals surface area contributed by atoms with Crippen molar-refractivity contribution < 1.29 is 9.90 Å². The van der Waals surface area contributed by atoms with Crippen molar-refractivity contribution in [1.82, 2.24) is 10.2 Å². The molecule has 0 aromatic carbocycles. The van der Waals surface area contributed by atoms with E-state index in [-0.39, 0.29) is 0 Å². The molecule has 2 atom stereocenters. The number of nitrogens with one attached hydrogen (secondary N) is 1. The molecule has 1 aliphatic rings. The highest BCUT2D eigenvalue weighted by Gasteiger charge is 2.41. The fourth-order valence-electron chi connectivity index (χ4n) is 1.47. The first-order valence-electron chi connectivity index (χ1n) is 5.20. The number of thioether (sulfide) groups is 1. The van der Waals surface area contributed by atoms with Crippen LogP contribution >= 0.6 is 11.8 Å². The highest BCUT2D eigenvalue weighted by atomic mass is 32.2. The van der Waals surface area contributed by atoms with Gasteiger partial charge in [-0.3, -0.25) is 10.1 Å². The molecular weight excluding hydrogens is 212 g/mol. The maximum atomic E-state index is 11.2. The quantitative estimate of drug-likeness (QED) is 0.722. The van der Waals surface area contributed by atoms with Gasteiger partial charge in [0.25, 0.3) is 0 Å². The van der Waals surface area contributed by atoms with Gasteiger partial charge in [0.2, 0.25) is 0 Å². The summed E-state index contributed by atoms with van der Waals surface area (Å²) in [5, 5.41) is 12.4. The lowest BCUT2D eigenvalue weighted by Crippen LogP contribution is -2.55. The summed E-state index contributed by atoms with van der Waals surface area (Å²) in [6.45, 7) is 2.81. The molecule has 0 saturated carbocycles. The van der Waals surface area contributed by atoms with Gasteiger partial charge in [-0.1, -0.05) is 0 Å². The number of aliphatic carboxylic acids is 1. The fraction of sp³-hybridized carbons (Fsp3) is 0.900. The van der Waals surface area contributed by atoms with E-state index >= 15 is 0 Å². The van der Waals surface area contributed by atoms with Crippen molar-refractivity contribution in [1.29, 1.82) is 0 Å². The van der Waals surface area contributed by atoms with E-state index in [1.807, 2.05) is 14.1 Å². The van der Waals surface area contributed by atoms with Crippen molar-refractivity contribution >= 4 is 17.7 Å². The van der Waals surface area contributed by atoms with E-state index in [1.54, 1.807) is 11.8 Å². The molecule has 0 amide bonds. The molecule has 1 saturated heterocycles. The number of carboxylic acids is 1. The smallest absolute Gasteiger partial charge is 0.324 e. The number of carbonyl (C=O) groups is 1. The molecule has 1 rings (SSSR count). The third-order valence-corrected chi connectivity index (χ3v) is 4.24. The Labute approximate surface area is 95.4 Å². The Morgan fingerprint density at radius 2 is 2.33 bits per heavy atom. The number of likely N-dealkylation sites (N-methyl/N-ethyl adjacent to an activating group) is 1. The van der Waals surface area contributed by atoms with Crippen molar-refractivity contribution in [2.24, 2.45) is 0 Å². The standard InChI is InChI=1S/C10H20N2O2S/c1-8(12(2)3)6-11-10(9(13)14)4-5-15-7-10/h8,11H,4-7H2,1-3H3,(H,13,14). The van der Waals surface area contributed by atoms with Gasteiger partial charge in [-0.2, -0.15) is 11.8 Å². The number of hydrogen-bond acceptors (Lipinski definition) is 4. The molecule has 4 nitrogen and oxygen atoms in total. The summed E-state index contributed by atoms with van der Waals surface area (Å²) in [6, 6.07) is 0.354. The predicted molar refractivity (Wildman–Crippen MR) is 63.5 cm³/mol. The third-order valence-electron chi connectivity index (χ3n) is 3.05. The van der Waals surface area contributed by atoms with E-state index in [0.717, 1.165) is 18.7 Å². The zero-order valence-electron chi connectivity index (χ0n) is 9.62. The van der Waals surface area contributed by atoms with E-state index in [4.69, 9.17) is 0 Å². The summed E-state index contributed by atoms with van der Waals surface area (Å²) in [4.78, 5) is 13.3. The lowest BCUT2D eigenvalue weighted by atomic mass is 9.99. The summed E-state index contributed by atoms with van der Waals surface area (Å²) in [6.07, 6.45) is 0.729. The van der Waals surface area contributed by atoms with Crippen LogP contribution in [0.15, 0.2) is 0 Å². The van der Waals surface area contributed by atoms with Crippen LogP contribution in [-0.2, 0) is 4.79 Å². The molecule has 1 aliphatic heterocycles. The molecule has 1 fully saturated rings. The monoisotopic (exact) mass is 232 g/mol. The molecule has 0 radical (unpaired) electrons. The van der Waals surface area contributed by atoms with Crippen LogP contribution in [0.2, 0.25) is 0 Å². The second kappa shape index (κ2) is 5.18. The van der Waals surface area contributed by atoms with Crippen LogP contribution in [-0.4, -0.2) is 59.7 Å². The maximum absolute atomic E-state index is 11.2. The molecule has 5 heteroatoms. The lowest BCUT2D eigenvalue weighted by Gasteiger charge is -2.28. The van der Waals surface area contributed by atoms with E-state index in [0.29, 0.717) is 11.8 Å². The second-order valence-electron chi connectivity index (χ2n) is 4.38. The molecule has 2 N–H and O–H groups in total. The molecule has 0 bridgehead atoms. The van der Waals surface area contributed by atoms with E-state index < -0.39 is 11.5 Å². The topological polar surface area (TPSA) is 52.6 Å². The highest BCUT2D eigenvalue weighted by molar-refractivity contribution is 7.99. The average molecular weight is 232 g/mol. The SMILES string of the molecule is CC(CNC1(C(=O)O)CCSC1)N(C)C. The van der Waals surface area contributed by atoms with Crippen molar-refractivity contribution in [3.8, 4) is 0 Å². The normalized spacial score (nSPS) is 28.3. The number of nitrogens with zero attached hydrogens (tertiary/aromatic N) is 1. The summed E-state index contributed by atoms with van der Waals surface area (Å²) >= 11 is 1.71. The van der Waals surface area contributed by atoms with Crippen LogP contribution in [0.5, 0.6) is 0 Å². The predicted octanol–water partition coefficient (Wildman–Crippen LogP) is 0.486. The molecule has 0 aromatic rings. The van der Waals surface area contributed by atoms with Crippen LogP contribution in [0.3, 0.4) is 0 Å². The van der Waals surface area contributed by atoms with Gasteiger partial charge in [0.05, 0.1) is 0 Å². The van der Waals surface area contributed by atoms with Crippen LogP contribution < -0.4 is 5.32 Å². The molecule has 0 spiro atoms. The zero-order valence-corrected chi connectivity index (χ0v) is 10.4. The number of carboxylic acid groups (broad SMARTS) is 1. The molecule has 15 heavy (non-hydrogen) atoms. The maximum Gasteiger partial charge on any atom is 0.324 e. The Morgan fingerprint density at radius 1 is 1.67 bits per heavy atom. The van der Waals surface area contributed by atoms with E-state index in [2.05, 4.69) is 17.1 Å². The summed E-state index contributed by atoms with van der Waals surface area (Å²) in [5.74, 6) is 0.913. The first-order chi connectivity index (χ1) is 6.98. The van der Waals surface area contributed by atoms with Crippen molar-refractivity contribution in [3.05, 3.63) is 0 Å². The summed E-state index contributed by atoms with van der Waals surface area (Å²) < 4.78 is 0. The Bertz CT molecular complexity index is 227. The summed E-state index contributed by atoms with van der Waals surface area (Å²) in [5.41, 5.74) is -0.686. The minimum Gasteiger partial charge on any atom is -0.480 e. The van der Waals surface area contributed by atoms with Gasteiger partial charge < -0.3 is 10.0 Å². The Balaban J connectivity index is 2.50.